The molecule has 0 radical (unpaired) electrons. The molecule has 104 valence electrons. The predicted molar refractivity (Wildman–Crippen MR) is 81.0 cm³/mol. The van der Waals surface area contributed by atoms with Gasteiger partial charge in [0, 0.05) is 25.7 Å². The van der Waals surface area contributed by atoms with Crippen molar-refractivity contribution in [1.29, 1.82) is 0 Å². The Balaban J connectivity index is 1.81. The van der Waals surface area contributed by atoms with Crippen LogP contribution < -0.4 is 10.2 Å². The average molecular weight is 278 g/mol. The Kier molecular flexibility index (Phi) is 3.82. The molecule has 0 spiro atoms. The van der Waals surface area contributed by atoms with E-state index in [9.17, 15) is 0 Å². The fraction of sp³-hybridized carbons (Fsp3) is 0.714. The quantitative estimate of drug-likeness (QED) is 0.677. The standard InChI is InChI=1S/C14H22N4S/c1-3-15-12-7-13(17-14(16-12)19-2)18-8-10-5-4-6-11(10)9-18/h7,10-11H,3-6,8-9H2,1-2H3,(H,15,16,17). The van der Waals surface area contributed by atoms with Crippen molar-refractivity contribution in [3.63, 3.8) is 0 Å². The van der Waals surface area contributed by atoms with E-state index in [4.69, 9.17) is 0 Å². The van der Waals surface area contributed by atoms with Crippen LogP contribution in [0.3, 0.4) is 0 Å². The van der Waals surface area contributed by atoms with Gasteiger partial charge in [0.15, 0.2) is 5.16 Å². The lowest BCUT2D eigenvalue weighted by molar-refractivity contribution is 0.494. The first kappa shape index (κ1) is 13.0. The van der Waals surface area contributed by atoms with E-state index >= 15 is 0 Å². The minimum absolute atomic E-state index is 0.866. The number of anilines is 2. The molecule has 1 saturated heterocycles. The monoisotopic (exact) mass is 278 g/mol. The maximum Gasteiger partial charge on any atom is 0.191 e. The molecule has 1 saturated carbocycles. The van der Waals surface area contributed by atoms with Crippen LogP contribution >= 0.6 is 11.8 Å². The van der Waals surface area contributed by atoms with Crippen LogP contribution in [0, 0.1) is 11.8 Å². The Morgan fingerprint density at radius 2 is 2.05 bits per heavy atom. The summed E-state index contributed by atoms with van der Waals surface area (Å²) in [4.78, 5) is 11.6. The van der Waals surface area contributed by atoms with Gasteiger partial charge in [-0.1, -0.05) is 18.2 Å². The molecular formula is C14H22N4S. The van der Waals surface area contributed by atoms with Crippen molar-refractivity contribution in [2.24, 2.45) is 11.8 Å². The summed E-state index contributed by atoms with van der Waals surface area (Å²) in [7, 11) is 0. The normalized spacial score (nSPS) is 25.7. The van der Waals surface area contributed by atoms with Crippen LogP contribution in [0.4, 0.5) is 11.6 Å². The second-order valence-corrected chi connectivity index (χ2v) is 6.26. The van der Waals surface area contributed by atoms with Gasteiger partial charge in [-0.05, 0) is 37.9 Å². The van der Waals surface area contributed by atoms with E-state index in [1.807, 2.05) is 6.26 Å². The van der Waals surface area contributed by atoms with Crippen LogP contribution in [-0.4, -0.2) is 35.9 Å². The number of rotatable bonds is 4. The molecule has 3 rings (SSSR count). The summed E-state index contributed by atoms with van der Waals surface area (Å²) < 4.78 is 0. The third-order valence-electron chi connectivity index (χ3n) is 4.28. The van der Waals surface area contributed by atoms with Crippen molar-refractivity contribution in [2.45, 2.75) is 31.3 Å². The van der Waals surface area contributed by atoms with Crippen LogP contribution in [0.25, 0.3) is 0 Å². The Morgan fingerprint density at radius 3 is 2.68 bits per heavy atom. The highest BCUT2D eigenvalue weighted by Crippen LogP contribution is 2.39. The molecule has 2 unspecified atom stereocenters. The van der Waals surface area contributed by atoms with E-state index in [1.165, 1.54) is 32.4 Å². The Morgan fingerprint density at radius 1 is 1.32 bits per heavy atom. The van der Waals surface area contributed by atoms with Crippen LogP contribution in [-0.2, 0) is 0 Å². The van der Waals surface area contributed by atoms with E-state index in [-0.39, 0.29) is 0 Å². The molecule has 1 N–H and O–H groups in total. The van der Waals surface area contributed by atoms with Gasteiger partial charge in [0.05, 0.1) is 0 Å². The molecule has 1 aliphatic carbocycles. The van der Waals surface area contributed by atoms with Gasteiger partial charge < -0.3 is 10.2 Å². The van der Waals surface area contributed by atoms with Gasteiger partial charge in [-0.25, -0.2) is 9.97 Å². The van der Waals surface area contributed by atoms with Crippen molar-refractivity contribution < 1.29 is 0 Å². The van der Waals surface area contributed by atoms with E-state index in [2.05, 4.69) is 33.2 Å². The van der Waals surface area contributed by atoms with Crippen molar-refractivity contribution in [1.82, 2.24) is 9.97 Å². The zero-order valence-corrected chi connectivity index (χ0v) is 12.5. The SMILES string of the molecule is CCNc1cc(N2CC3CCCC3C2)nc(SC)n1. The van der Waals surface area contributed by atoms with Crippen molar-refractivity contribution in [3.8, 4) is 0 Å². The van der Waals surface area contributed by atoms with Gasteiger partial charge in [-0.15, -0.1) is 0 Å². The first-order valence-electron chi connectivity index (χ1n) is 7.22. The summed E-state index contributed by atoms with van der Waals surface area (Å²) in [5, 5.41) is 4.17. The molecule has 2 fully saturated rings. The van der Waals surface area contributed by atoms with E-state index in [0.717, 1.165) is 35.2 Å². The second-order valence-electron chi connectivity index (χ2n) is 5.48. The molecule has 1 aromatic rings. The number of aromatic nitrogens is 2. The van der Waals surface area contributed by atoms with Gasteiger partial charge in [0.1, 0.15) is 11.6 Å². The summed E-state index contributed by atoms with van der Waals surface area (Å²) in [6, 6.07) is 2.10. The van der Waals surface area contributed by atoms with E-state index < -0.39 is 0 Å². The Labute approximate surface area is 119 Å². The molecule has 5 heteroatoms. The van der Waals surface area contributed by atoms with Gasteiger partial charge in [-0.2, -0.15) is 0 Å². The van der Waals surface area contributed by atoms with Crippen molar-refractivity contribution in [2.75, 3.05) is 36.1 Å². The predicted octanol–water partition coefficient (Wildman–Crippen LogP) is 2.87. The molecule has 0 amide bonds. The lowest BCUT2D eigenvalue weighted by Crippen LogP contribution is -2.22. The summed E-state index contributed by atoms with van der Waals surface area (Å²) in [6.07, 6.45) is 6.27. The lowest BCUT2D eigenvalue weighted by Gasteiger charge is -2.19. The second kappa shape index (κ2) is 5.57. The van der Waals surface area contributed by atoms with Gasteiger partial charge in [0.25, 0.3) is 0 Å². The van der Waals surface area contributed by atoms with Crippen LogP contribution in [0.2, 0.25) is 0 Å². The molecular weight excluding hydrogens is 256 g/mol. The van der Waals surface area contributed by atoms with Crippen molar-refractivity contribution in [3.05, 3.63) is 6.07 Å². The number of nitrogens with one attached hydrogen (secondary N) is 1. The highest BCUT2D eigenvalue weighted by atomic mass is 32.2. The zero-order chi connectivity index (χ0) is 13.2. The number of nitrogens with zero attached hydrogens (tertiary/aromatic N) is 3. The van der Waals surface area contributed by atoms with Crippen molar-refractivity contribution >= 4 is 23.4 Å². The minimum Gasteiger partial charge on any atom is -0.370 e. The minimum atomic E-state index is 0.866. The van der Waals surface area contributed by atoms with Crippen LogP contribution in [0.1, 0.15) is 26.2 Å². The van der Waals surface area contributed by atoms with E-state index in [1.54, 1.807) is 11.8 Å². The topological polar surface area (TPSA) is 41.0 Å². The molecule has 2 atom stereocenters. The Bertz CT molecular complexity index is 439. The first-order chi connectivity index (χ1) is 9.30. The molecule has 2 aliphatic rings. The number of fused-ring (bicyclic) bond motifs is 1. The van der Waals surface area contributed by atoms with Gasteiger partial charge in [-0.3, -0.25) is 0 Å². The zero-order valence-electron chi connectivity index (χ0n) is 11.7. The molecule has 2 heterocycles. The largest absolute Gasteiger partial charge is 0.370 e. The van der Waals surface area contributed by atoms with Gasteiger partial charge in [0.2, 0.25) is 0 Å². The maximum absolute atomic E-state index is 4.68. The Hall–Kier alpha value is -0.970. The fourth-order valence-corrected chi connectivity index (χ4v) is 3.73. The highest BCUT2D eigenvalue weighted by molar-refractivity contribution is 7.98. The smallest absolute Gasteiger partial charge is 0.191 e. The number of hydrogen-bond acceptors (Lipinski definition) is 5. The molecule has 1 aromatic heterocycles. The molecule has 4 nitrogen and oxygen atoms in total. The van der Waals surface area contributed by atoms with Crippen LogP contribution in [0.5, 0.6) is 0 Å². The summed E-state index contributed by atoms with van der Waals surface area (Å²) in [6.45, 7) is 5.36. The number of thioether (sulfide) groups is 1. The summed E-state index contributed by atoms with van der Waals surface area (Å²) >= 11 is 1.61. The number of hydrogen-bond donors (Lipinski definition) is 1. The van der Waals surface area contributed by atoms with Gasteiger partial charge >= 0.3 is 0 Å². The molecule has 1 aliphatic heterocycles. The van der Waals surface area contributed by atoms with Crippen LogP contribution in [0.15, 0.2) is 11.2 Å². The molecule has 0 bridgehead atoms. The summed E-state index contributed by atoms with van der Waals surface area (Å²) in [5.41, 5.74) is 0. The molecule has 19 heavy (non-hydrogen) atoms. The maximum atomic E-state index is 4.68. The first-order valence-corrected chi connectivity index (χ1v) is 8.44. The third-order valence-corrected chi connectivity index (χ3v) is 4.83. The average Bonchev–Trinajstić information content (AvgIpc) is 2.99. The fourth-order valence-electron chi connectivity index (χ4n) is 3.36. The lowest BCUT2D eigenvalue weighted by atomic mass is 10.0. The summed E-state index contributed by atoms with van der Waals surface area (Å²) in [5.74, 6) is 3.85. The highest BCUT2D eigenvalue weighted by Gasteiger charge is 2.36. The molecule has 0 aromatic carbocycles. The third kappa shape index (κ3) is 2.66. The van der Waals surface area contributed by atoms with E-state index in [0.29, 0.717) is 0 Å².